The van der Waals surface area contributed by atoms with Crippen molar-refractivity contribution in [1.82, 2.24) is 4.98 Å². The molecule has 0 bridgehead atoms. The van der Waals surface area contributed by atoms with Crippen LogP contribution in [-0.2, 0) is 11.2 Å². The highest BCUT2D eigenvalue weighted by Gasteiger charge is 2.18. The third-order valence-corrected chi connectivity index (χ3v) is 3.51. The van der Waals surface area contributed by atoms with Gasteiger partial charge >= 0.3 is 0 Å². The molecule has 0 saturated carbocycles. The van der Waals surface area contributed by atoms with E-state index in [9.17, 15) is 4.79 Å². The maximum Gasteiger partial charge on any atom is 0.143 e. The molecule has 3 heteroatoms. The molecule has 1 aromatic carbocycles. The second-order valence-corrected chi connectivity index (χ2v) is 5.70. The van der Waals surface area contributed by atoms with E-state index in [2.05, 4.69) is 18.8 Å². The number of ketones is 1. The molecule has 20 heavy (non-hydrogen) atoms. The Balaban J connectivity index is 2.12. The largest absolute Gasteiger partial charge is 0.330 e. The van der Waals surface area contributed by atoms with Gasteiger partial charge in [0.2, 0.25) is 0 Å². The third-order valence-electron chi connectivity index (χ3n) is 3.51. The number of nitrogens with two attached hydrogens (primary N) is 1. The van der Waals surface area contributed by atoms with Gasteiger partial charge in [0.1, 0.15) is 5.78 Å². The first kappa shape index (κ1) is 14.7. The normalized spacial score (nSPS) is 12.8. The minimum atomic E-state index is -0.0525. The lowest BCUT2D eigenvalue weighted by Crippen LogP contribution is -2.26. The van der Waals surface area contributed by atoms with E-state index in [1.807, 2.05) is 36.4 Å². The number of hydrogen-bond acceptors (Lipinski definition) is 3. The molecule has 3 nitrogen and oxygen atoms in total. The lowest BCUT2D eigenvalue weighted by Gasteiger charge is -2.15. The number of aromatic nitrogens is 1. The number of rotatable bonds is 6. The minimum absolute atomic E-state index is 0.0525. The van der Waals surface area contributed by atoms with Gasteiger partial charge in [0.25, 0.3) is 0 Å². The van der Waals surface area contributed by atoms with E-state index >= 15 is 0 Å². The summed E-state index contributed by atoms with van der Waals surface area (Å²) in [6, 6.07) is 11.9. The van der Waals surface area contributed by atoms with Crippen molar-refractivity contribution in [3.8, 4) is 0 Å². The predicted molar refractivity (Wildman–Crippen MR) is 82.5 cm³/mol. The summed E-state index contributed by atoms with van der Waals surface area (Å²) in [5, 5.41) is 1.10. The molecule has 2 aromatic rings. The fraction of sp³-hybridized carbons (Fsp3) is 0.412. The molecular weight excluding hydrogens is 248 g/mol. The molecule has 0 aliphatic heterocycles. The Hall–Kier alpha value is -1.74. The molecule has 1 heterocycles. The van der Waals surface area contributed by atoms with Gasteiger partial charge in [0.15, 0.2) is 0 Å². The number of benzene rings is 1. The van der Waals surface area contributed by atoms with Crippen molar-refractivity contribution in [2.45, 2.75) is 26.7 Å². The van der Waals surface area contributed by atoms with Gasteiger partial charge in [-0.05, 0) is 24.5 Å². The Labute approximate surface area is 120 Å². The molecule has 0 amide bonds. The first-order valence-electron chi connectivity index (χ1n) is 7.17. The van der Waals surface area contributed by atoms with Crippen LogP contribution < -0.4 is 5.73 Å². The van der Waals surface area contributed by atoms with Crippen molar-refractivity contribution in [1.29, 1.82) is 0 Å². The fourth-order valence-corrected chi connectivity index (χ4v) is 2.46. The van der Waals surface area contributed by atoms with Gasteiger partial charge in [-0.3, -0.25) is 9.78 Å². The molecule has 0 radical (unpaired) electrons. The van der Waals surface area contributed by atoms with E-state index in [-0.39, 0.29) is 11.7 Å². The average molecular weight is 270 g/mol. The predicted octanol–water partition coefficient (Wildman–Crippen LogP) is 2.97. The van der Waals surface area contributed by atoms with E-state index in [0.717, 1.165) is 23.0 Å². The van der Waals surface area contributed by atoms with Gasteiger partial charge in [0.05, 0.1) is 5.52 Å². The minimum Gasteiger partial charge on any atom is -0.330 e. The smallest absolute Gasteiger partial charge is 0.143 e. The van der Waals surface area contributed by atoms with Crippen LogP contribution in [0.4, 0.5) is 0 Å². The molecule has 0 aliphatic rings. The van der Waals surface area contributed by atoms with Gasteiger partial charge in [-0.25, -0.2) is 0 Å². The highest BCUT2D eigenvalue weighted by molar-refractivity contribution is 5.84. The van der Waals surface area contributed by atoms with Gasteiger partial charge in [0, 0.05) is 30.0 Å². The topological polar surface area (TPSA) is 56.0 Å². The lowest BCUT2D eigenvalue weighted by atomic mass is 9.91. The van der Waals surface area contributed by atoms with E-state index in [1.54, 1.807) is 0 Å². The number of nitrogens with zero attached hydrogens (tertiary/aromatic N) is 1. The number of Topliss-reactive ketones (excluding diaryl/α,β-unsaturated/α-hetero) is 1. The Morgan fingerprint density at radius 3 is 2.65 bits per heavy atom. The molecular formula is C17H22N2O. The van der Waals surface area contributed by atoms with Gasteiger partial charge in [-0.2, -0.15) is 0 Å². The zero-order chi connectivity index (χ0) is 14.5. The Morgan fingerprint density at radius 1 is 1.20 bits per heavy atom. The van der Waals surface area contributed by atoms with Crippen LogP contribution in [0.15, 0.2) is 36.4 Å². The first-order valence-corrected chi connectivity index (χ1v) is 7.17. The van der Waals surface area contributed by atoms with E-state index in [1.165, 1.54) is 0 Å². The molecule has 1 atom stereocenters. The van der Waals surface area contributed by atoms with Crippen LogP contribution in [0.1, 0.15) is 26.0 Å². The van der Waals surface area contributed by atoms with Gasteiger partial charge in [-0.15, -0.1) is 0 Å². The Kier molecular flexibility index (Phi) is 4.85. The van der Waals surface area contributed by atoms with Crippen LogP contribution in [0.2, 0.25) is 0 Å². The third kappa shape index (κ3) is 3.64. The van der Waals surface area contributed by atoms with E-state index < -0.39 is 0 Å². The van der Waals surface area contributed by atoms with Crippen LogP contribution in [-0.4, -0.2) is 17.3 Å². The Morgan fingerprint density at radius 2 is 1.95 bits per heavy atom. The number of hydrogen-bond donors (Lipinski definition) is 1. The summed E-state index contributed by atoms with van der Waals surface area (Å²) >= 11 is 0. The van der Waals surface area contributed by atoms with Crippen LogP contribution >= 0.6 is 0 Å². The van der Waals surface area contributed by atoms with Crippen molar-refractivity contribution in [3.63, 3.8) is 0 Å². The van der Waals surface area contributed by atoms with Crippen LogP contribution in [0.5, 0.6) is 0 Å². The molecule has 0 spiro atoms. The number of pyridine rings is 1. The Bertz CT molecular complexity index is 592. The quantitative estimate of drug-likeness (QED) is 0.878. The SMILES string of the molecule is CC(C)CC(CN)C(=O)Cc1ccc2ccccc2n1. The van der Waals surface area contributed by atoms with Crippen LogP contribution in [0.3, 0.4) is 0 Å². The highest BCUT2D eigenvalue weighted by Crippen LogP contribution is 2.16. The standard InChI is InChI=1S/C17H22N2O/c1-12(2)9-14(11-18)17(20)10-15-8-7-13-5-3-4-6-16(13)19-15/h3-8,12,14H,9-11,18H2,1-2H3. The first-order chi connectivity index (χ1) is 9.60. The molecule has 2 N–H and O–H groups in total. The number of para-hydroxylation sites is 1. The molecule has 0 saturated heterocycles. The second-order valence-electron chi connectivity index (χ2n) is 5.70. The van der Waals surface area contributed by atoms with Gasteiger partial charge in [-0.1, -0.05) is 38.1 Å². The number of carbonyl (C=O) groups is 1. The summed E-state index contributed by atoms with van der Waals surface area (Å²) in [6.45, 7) is 4.65. The summed E-state index contributed by atoms with van der Waals surface area (Å²) in [4.78, 5) is 16.8. The maximum absolute atomic E-state index is 12.3. The highest BCUT2D eigenvalue weighted by atomic mass is 16.1. The molecule has 2 rings (SSSR count). The van der Waals surface area contributed by atoms with Crippen molar-refractivity contribution in [2.75, 3.05) is 6.54 Å². The summed E-state index contributed by atoms with van der Waals surface area (Å²) in [5.41, 5.74) is 7.49. The monoisotopic (exact) mass is 270 g/mol. The van der Waals surface area contributed by atoms with Crippen molar-refractivity contribution < 1.29 is 4.79 Å². The summed E-state index contributed by atoms with van der Waals surface area (Å²) in [7, 11) is 0. The average Bonchev–Trinajstić information content (AvgIpc) is 2.44. The molecule has 106 valence electrons. The second kappa shape index (κ2) is 6.62. The van der Waals surface area contributed by atoms with Gasteiger partial charge < -0.3 is 5.73 Å². The molecule has 0 aliphatic carbocycles. The number of fused-ring (bicyclic) bond motifs is 1. The molecule has 1 unspecified atom stereocenters. The maximum atomic E-state index is 12.3. The summed E-state index contributed by atoms with van der Waals surface area (Å²) in [6.07, 6.45) is 1.22. The summed E-state index contributed by atoms with van der Waals surface area (Å²) < 4.78 is 0. The van der Waals surface area contributed by atoms with Crippen LogP contribution in [0, 0.1) is 11.8 Å². The molecule has 1 aromatic heterocycles. The van der Waals surface area contributed by atoms with Crippen molar-refractivity contribution in [2.24, 2.45) is 17.6 Å². The fourth-order valence-electron chi connectivity index (χ4n) is 2.46. The molecule has 0 fully saturated rings. The van der Waals surface area contributed by atoms with Crippen molar-refractivity contribution in [3.05, 3.63) is 42.1 Å². The zero-order valence-electron chi connectivity index (χ0n) is 12.2. The van der Waals surface area contributed by atoms with E-state index in [0.29, 0.717) is 18.9 Å². The van der Waals surface area contributed by atoms with Crippen LogP contribution in [0.25, 0.3) is 10.9 Å². The van der Waals surface area contributed by atoms with Crippen molar-refractivity contribution >= 4 is 16.7 Å². The van der Waals surface area contributed by atoms with E-state index in [4.69, 9.17) is 5.73 Å². The summed E-state index contributed by atoms with van der Waals surface area (Å²) in [5.74, 6) is 0.629. The lowest BCUT2D eigenvalue weighted by molar-refractivity contribution is -0.122. The number of carbonyl (C=O) groups excluding carboxylic acids is 1. The zero-order valence-corrected chi connectivity index (χ0v) is 12.2.